The molecule has 0 spiro atoms. The predicted octanol–water partition coefficient (Wildman–Crippen LogP) is 2.76. The number of hydrogen-bond acceptors (Lipinski definition) is 4. The van der Waals surface area contributed by atoms with Crippen molar-refractivity contribution in [2.24, 2.45) is 5.92 Å². The maximum absolute atomic E-state index is 12.6. The first-order valence-corrected chi connectivity index (χ1v) is 8.76. The minimum Gasteiger partial charge on any atom is -0.281 e. The fraction of sp³-hybridized carbons (Fsp3) is 0.462. The average Bonchev–Trinajstić information content (AvgIpc) is 2.96. The third kappa shape index (κ3) is 2.94. The number of aromatic nitrogens is 2. The Balaban J connectivity index is 2.36. The molecule has 2 aromatic rings. The van der Waals surface area contributed by atoms with Gasteiger partial charge in [0.05, 0.1) is 17.4 Å². The van der Waals surface area contributed by atoms with Gasteiger partial charge in [0, 0.05) is 4.88 Å². The zero-order chi connectivity index (χ0) is 14.9. The molecule has 2 aromatic heterocycles. The van der Waals surface area contributed by atoms with Crippen LogP contribution in [0, 0.1) is 19.8 Å². The van der Waals surface area contributed by atoms with Gasteiger partial charge in [-0.25, -0.2) is 13.1 Å². The van der Waals surface area contributed by atoms with Gasteiger partial charge in [-0.1, -0.05) is 19.9 Å². The van der Waals surface area contributed by atoms with Gasteiger partial charge in [-0.05, 0) is 31.2 Å². The van der Waals surface area contributed by atoms with Crippen molar-refractivity contribution in [2.75, 3.05) is 0 Å². The number of hydrogen-bond donors (Lipinski definition) is 2. The van der Waals surface area contributed by atoms with Crippen LogP contribution >= 0.6 is 11.3 Å². The van der Waals surface area contributed by atoms with E-state index >= 15 is 0 Å². The van der Waals surface area contributed by atoms with E-state index in [1.54, 1.807) is 25.2 Å². The molecular weight excluding hydrogens is 294 g/mol. The highest BCUT2D eigenvalue weighted by Crippen LogP contribution is 2.28. The highest BCUT2D eigenvalue weighted by atomic mass is 32.2. The first kappa shape index (κ1) is 15.2. The van der Waals surface area contributed by atoms with Crippen molar-refractivity contribution >= 4 is 21.4 Å². The molecule has 0 aliphatic heterocycles. The second-order valence-electron chi connectivity index (χ2n) is 5.12. The maximum Gasteiger partial charge on any atom is 0.244 e. The number of nitrogens with zero attached hydrogens (tertiary/aromatic N) is 1. The molecule has 1 atom stereocenters. The second-order valence-corrected chi connectivity index (χ2v) is 7.75. The summed E-state index contributed by atoms with van der Waals surface area (Å²) in [7, 11) is -3.59. The van der Waals surface area contributed by atoms with Crippen molar-refractivity contribution < 1.29 is 8.42 Å². The summed E-state index contributed by atoms with van der Waals surface area (Å²) in [5.74, 6) is 0.163. The zero-order valence-corrected chi connectivity index (χ0v) is 13.6. The van der Waals surface area contributed by atoms with Gasteiger partial charge in [0.25, 0.3) is 0 Å². The maximum atomic E-state index is 12.6. The smallest absolute Gasteiger partial charge is 0.244 e. The number of H-pyrrole nitrogens is 1. The molecular formula is C13H19N3O2S2. The minimum atomic E-state index is -3.59. The number of aromatic amines is 1. The van der Waals surface area contributed by atoms with Gasteiger partial charge in [-0.2, -0.15) is 5.10 Å². The quantitative estimate of drug-likeness (QED) is 0.891. The van der Waals surface area contributed by atoms with E-state index in [9.17, 15) is 8.42 Å². The van der Waals surface area contributed by atoms with Crippen LogP contribution in [0.15, 0.2) is 22.4 Å². The number of rotatable bonds is 5. The van der Waals surface area contributed by atoms with Crippen LogP contribution in [-0.2, 0) is 10.0 Å². The Morgan fingerprint density at radius 3 is 2.50 bits per heavy atom. The largest absolute Gasteiger partial charge is 0.281 e. The van der Waals surface area contributed by atoms with Crippen molar-refractivity contribution in [3.8, 4) is 0 Å². The third-order valence-electron chi connectivity index (χ3n) is 3.13. The van der Waals surface area contributed by atoms with Crippen LogP contribution in [0.1, 0.15) is 36.2 Å². The van der Waals surface area contributed by atoms with Gasteiger partial charge in [-0.3, -0.25) is 5.10 Å². The van der Waals surface area contributed by atoms with Crippen molar-refractivity contribution in [3.63, 3.8) is 0 Å². The molecule has 1 unspecified atom stereocenters. The summed E-state index contributed by atoms with van der Waals surface area (Å²) in [6.45, 7) is 7.40. The van der Waals surface area contributed by atoms with Crippen molar-refractivity contribution in [1.82, 2.24) is 14.9 Å². The molecule has 0 saturated carbocycles. The first-order valence-electron chi connectivity index (χ1n) is 6.40. The molecule has 0 amide bonds. The number of aryl methyl sites for hydroxylation is 2. The van der Waals surface area contributed by atoms with Gasteiger partial charge < -0.3 is 0 Å². The summed E-state index contributed by atoms with van der Waals surface area (Å²) in [5, 5.41) is 8.62. The fourth-order valence-corrected chi connectivity index (χ4v) is 4.91. The molecule has 0 aliphatic rings. The van der Waals surface area contributed by atoms with Crippen molar-refractivity contribution in [2.45, 2.75) is 38.6 Å². The van der Waals surface area contributed by atoms with E-state index in [4.69, 9.17) is 0 Å². The van der Waals surface area contributed by atoms with Crippen LogP contribution in [0.4, 0.5) is 0 Å². The number of thiophene rings is 1. The molecule has 0 aromatic carbocycles. The van der Waals surface area contributed by atoms with Crippen LogP contribution in [0.25, 0.3) is 0 Å². The van der Waals surface area contributed by atoms with E-state index in [0.29, 0.717) is 11.4 Å². The lowest BCUT2D eigenvalue weighted by Crippen LogP contribution is -2.31. The van der Waals surface area contributed by atoms with Crippen molar-refractivity contribution in [1.29, 1.82) is 0 Å². The Kier molecular flexibility index (Phi) is 4.31. The topological polar surface area (TPSA) is 74.8 Å². The Morgan fingerprint density at radius 1 is 1.35 bits per heavy atom. The molecule has 0 aliphatic carbocycles. The molecule has 20 heavy (non-hydrogen) atoms. The minimum absolute atomic E-state index is 0.163. The molecule has 2 heterocycles. The summed E-state index contributed by atoms with van der Waals surface area (Å²) >= 11 is 1.56. The molecule has 0 fully saturated rings. The third-order valence-corrected chi connectivity index (χ3v) is 5.79. The molecule has 5 nitrogen and oxygen atoms in total. The van der Waals surface area contributed by atoms with Crippen LogP contribution in [0.2, 0.25) is 0 Å². The SMILES string of the molecule is Cc1n[nH]c(C)c1S(=O)(=O)NC(c1cccs1)C(C)C. The molecule has 110 valence electrons. The van der Waals surface area contributed by atoms with E-state index in [1.165, 1.54) is 0 Å². The summed E-state index contributed by atoms with van der Waals surface area (Å²) in [6, 6.07) is 3.65. The molecule has 2 N–H and O–H groups in total. The Hall–Kier alpha value is -1.18. The summed E-state index contributed by atoms with van der Waals surface area (Å²) in [6.07, 6.45) is 0. The number of nitrogens with one attached hydrogen (secondary N) is 2. The van der Waals surface area contributed by atoms with Crippen molar-refractivity contribution in [3.05, 3.63) is 33.8 Å². The van der Waals surface area contributed by atoms with Gasteiger partial charge in [0.1, 0.15) is 4.90 Å². The predicted molar refractivity (Wildman–Crippen MR) is 80.3 cm³/mol. The molecule has 2 rings (SSSR count). The lowest BCUT2D eigenvalue weighted by molar-refractivity contribution is 0.468. The monoisotopic (exact) mass is 313 g/mol. The van der Waals surface area contributed by atoms with Crippen LogP contribution in [-0.4, -0.2) is 18.6 Å². The standard InChI is InChI=1S/C13H19N3O2S2/c1-8(2)12(11-6-5-7-19-11)16-20(17,18)13-9(3)14-15-10(13)4/h5-8,12,16H,1-4H3,(H,14,15). The van der Waals surface area contributed by atoms with Gasteiger partial charge >= 0.3 is 0 Å². The van der Waals surface area contributed by atoms with E-state index in [2.05, 4.69) is 14.9 Å². The zero-order valence-electron chi connectivity index (χ0n) is 12.0. The second kappa shape index (κ2) is 5.67. The highest BCUT2D eigenvalue weighted by Gasteiger charge is 2.28. The van der Waals surface area contributed by atoms with Gasteiger partial charge in [0.15, 0.2) is 0 Å². The molecule has 0 radical (unpaired) electrons. The van der Waals surface area contributed by atoms with E-state index in [-0.39, 0.29) is 16.9 Å². The Morgan fingerprint density at radius 2 is 2.05 bits per heavy atom. The van der Waals surface area contributed by atoms with Gasteiger partial charge in [-0.15, -0.1) is 11.3 Å². The molecule has 0 saturated heterocycles. The summed E-state index contributed by atoms with van der Waals surface area (Å²) in [5.41, 5.74) is 1.05. The highest BCUT2D eigenvalue weighted by molar-refractivity contribution is 7.89. The molecule has 0 bridgehead atoms. The van der Waals surface area contributed by atoms with Crippen LogP contribution in [0.5, 0.6) is 0 Å². The lowest BCUT2D eigenvalue weighted by atomic mass is 10.0. The van der Waals surface area contributed by atoms with E-state index in [0.717, 1.165) is 4.88 Å². The number of sulfonamides is 1. The summed E-state index contributed by atoms with van der Waals surface area (Å²) in [4.78, 5) is 1.27. The van der Waals surface area contributed by atoms with Gasteiger partial charge in [0.2, 0.25) is 10.0 Å². The Labute approximate surface area is 123 Å². The Bertz CT molecular complexity index is 653. The first-order chi connectivity index (χ1) is 9.33. The van der Waals surface area contributed by atoms with E-state index < -0.39 is 10.0 Å². The van der Waals surface area contributed by atoms with E-state index in [1.807, 2.05) is 31.4 Å². The van der Waals surface area contributed by atoms with Crippen LogP contribution < -0.4 is 4.72 Å². The fourth-order valence-electron chi connectivity index (χ4n) is 2.15. The molecule has 7 heteroatoms. The normalized spacial score (nSPS) is 13.8. The summed E-state index contributed by atoms with van der Waals surface area (Å²) < 4.78 is 28.0. The average molecular weight is 313 g/mol. The van der Waals surface area contributed by atoms with Crippen LogP contribution in [0.3, 0.4) is 0 Å². The lowest BCUT2D eigenvalue weighted by Gasteiger charge is -2.21.